The molecule has 0 aliphatic rings. The van der Waals surface area contributed by atoms with Crippen LogP contribution < -0.4 is 0 Å². The first kappa shape index (κ1) is 9.48. The Balaban J connectivity index is 3.00. The van der Waals surface area contributed by atoms with E-state index in [9.17, 15) is 4.57 Å². The highest BCUT2D eigenvalue weighted by Crippen LogP contribution is 2.49. The quantitative estimate of drug-likeness (QED) is 0.583. The van der Waals surface area contributed by atoms with E-state index in [1.807, 2.05) is 0 Å². The van der Waals surface area contributed by atoms with E-state index < -0.39 is 13.4 Å². The van der Waals surface area contributed by atoms with Gasteiger partial charge in [-0.05, 0) is 12.1 Å². The Morgan fingerprint density at radius 1 is 1.58 bits per heavy atom. The van der Waals surface area contributed by atoms with Crippen molar-refractivity contribution < 1.29 is 19.5 Å². The number of aliphatic hydroxyl groups is 1. The van der Waals surface area contributed by atoms with E-state index in [0.29, 0.717) is 0 Å². The second-order valence-electron chi connectivity index (χ2n) is 2.51. The Kier molecular flexibility index (Phi) is 2.39. The third-order valence-electron chi connectivity index (χ3n) is 1.57. The standard InChI is InChI=1S/C6H10NO4P/c1-7-4-2-3-5(7)6(8)12(9,10)11/h2-4,6,8H,1H3,(H2,9,10,11). The molecule has 1 aromatic rings. The smallest absolute Gasteiger partial charge is 0.359 e. The van der Waals surface area contributed by atoms with Gasteiger partial charge in [0, 0.05) is 13.2 Å². The van der Waals surface area contributed by atoms with E-state index in [1.54, 1.807) is 19.3 Å². The number of hydrogen-bond acceptors (Lipinski definition) is 2. The second-order valence-corrected chi connectivity index (χ2v) is 4.17. The molecular weight excluding hydrogens is 181 g/mol. The Morgan fingerprint density at radius 3 is 2.50 bits per heavy atom. The van der Waals surface area contributed by atoms with Crippen molar-refractivity contribution in [2.45, 2.75) is 5.85 Å². The average Bonchev–Trinajstić information content (AvgIpc) is 2.31. The lowest BCUT2D eigenvalue weighted by molar-refractivity contribution is 0.199. The van der Waals surface area contributed by atoms with Gasteiger partial charge in [0.05, 0.1) is 5.69 Å². The van der Waals surface area contributed by atoms with Gasteiger partial charge in [0.1, 0.15) is 0 Å². The molecule has 0 aliphatic carbocycles. The Morgan fingerprint density at radius 2 is 2.17 bits per heavy atom. The molecule has 0 bridgehead atoms. The molecule has 0 radical (unpaired) electrons. The van der Waals surface area contributed by atoms with Crippen molar-refractivity contribution >= 4 is 7.60 Å². The van der Waals surface area contributed by atoms with Gasteiger partial charge in [-0.3, -0.25) is 4.57 Å². The van der Waals surface area contributed by atoms with Gasteiger partial charge in [-0.25, -0.2) is 0 Å². The molecule has 0 saturated carbocycles. The van der Waals surface area contributed by atoms with Crippen molar-refractivity contribution in [3.05, 3.63) is 24.0 Å². The zero-order valence-electron chi connectivity index (χ0n) is 6.45. The molecule has 5 nitrogen and oxygen atoms in total. The van der Waals surface area contributed by atoms with Crippen molar-refractivity contribution in [2.75, 3.05) is 0 Å². The fourth-order valence-electron chi connectivity index (χ4n) is 0.915. The topological polar surface area (TPSA) is 82.7 Å². The SMILES string of the molecule is Cn1cccc1C(O)P(=O)(O)O. The minimum atomic E-state index is -4.44. The summed E-state index contributed by atoms with van der Waals surface area (Å²) in [5.41, 5.74) is 0.211. The molecule has 0 saturated heterocycles. The number of rotatable bonds is 2. The zero-order valence-corrected chi connectivity index (χ0v) is 7.35. The van der Waals surface area contributed by atoms with Gasteiger partial charge in [0.25, 0.3) is 0 Å². The molecule has 0 spiro atoms. The van der Waals surface area contributed by atoms with Crippen LogP contribution in [0, 0.1) is 0 Å². The fourth-order valence-corrected chi connectivity index (χ4v) is 1.53. The highest BCUT2D eigenvalue weighted by molar-refractivity contribution is 7.51. The summed E-state index contributed by atoms with van der Waals surface area (Å²) >= 11 is 0. The van der Waals surface area contributed by atoms with Crippen LogP contribution in [0.4, 0.5) is 0 Å². The first-order valence-corrected chi connectivity index (χ1v) is 4.95. The minimum absolute atomic E-state index is 0.211. The maximum absolute atomic E-state index is 10.6. The summed E-state index contributed by atoms with van der Waals surface area (Å²) in [7, 11) is -2.83. The van der Waals surface area contributed by atoms with Gasteiger partial charge in [0.2, 0.25) is 0 Å². The summed E-state index contributed by atoms with van der Waals surface area (Å²) in [4.78, 5) is 17.3. The normalized spacial score (nSPS) is 14.7. The Hall–Kier alpha value is -0.610. The molecule has 1 aromatic heterocycles. The second kappa shape index (κ2) is 3.03. The minimum Gasteiger partial charge on any atom is -0.375 e. The van der Waals surface area contributed by atoms with Crippen molar-refractivity contribution in [3.63, 3.8) is 0 Å². The third-order valence-corrected chi connectivity index (χ3v) is 2.47. The largest absolute Gasteiger partial charge is 0.375 e. The number of hydrogen-bond donors (Lipinski definition) is 3. The fraction of sp³-hybridized carbons (Fsp3) is 0.333. The highest BCUT2D eigenvalue weighted by atomic mass is 31.2. The Labute approximate surface area is 69.4 Å². The van der Waals surface area contributed by atoms with Crippen LogP contribution in [0.25, 0.3) is 0 Å². The van der Waals surface area contributed by atoms with E-state index in [0.717, 1.165) is 0 Å². The Bertz CT molecular complexity index is 315. The van der Waals surface area contributed by atoms with Crippen LogP contribution >= 0.6 is 7.60 Å². The molecule has 0 amide bonds. The molecule has 1 rings (SSSR count). The van der Waals surface area contributed by atoms with Gasteiger partial charge in [-0.15, -0.1) is 0 Å². The maximum atomic E-state index is 10.6. The summed E-state index contributed by atoms with van der Waals surface area (Å²) in [5.74, 6) is -1.72. The van der Waals surface area contributed by atoms with Gasteiger partial charge in [-0.2, -0.15) is 0 Å². The molecule has 1 unspecified atom stereocenters. The first-order chi connectivity index (χ1) is 5.43. The lowest BCUT2D eigenvalue weighted by Crippen LogP contribution is -2.03. The van der Waals surface area contributed by atoms with Crippen LogP contribution in [0.5, 0.6) is 0 Å². The van der Waals surface area contributed by atoms with Crippen LogP contribution in [0.3, 0.4) is 0 Å². The first-order valence-electron chi connectivity index (χ1n) is 3.27. The van der Waals surface area contributed by atoms with Crippen LogP contribution in [0.1, 0.15) is 11.5 Å². The monoisotopic (exact) mass is 191 g/mol. The number of aryl methyl sites for hydroxylation is 1. The molecule has 3 N–H and O–H groups in total. The molecular formula is C6H10NO4P. The van der Waals surface area contributed by atoms with Crippen molar-refractivity contribution in [1.29, 1.82) is 0 Å². The molecule has 1 heterocycles. The van der Waals surface area contributed by atoms with E-state index in [2.05, 4.69) is 0 Å². The average molecular weight is 191 g/mol. The number of nitrogens with zero attached hydrogens (tertiary/aromatic N) is 1. The van der Waals surface area contributed by atoms with Gasteiger partial charge in [-0.1, -0.05) is 0 Å². The van der Waals surface area contributed by atoms with E-state index in [-0.39, 0.29) is 5.69 Å². The number of aliphatic hydroxyl groups excluding tert-OH is 1. The molecule has 12 heavy (non-hydrogen) atoms. The predicted molar refractivity (Wildman–Crippen MR) is 42.4 cm³/mol. The zero-order chi connectivity index (χ0) is 9.35. The van der Waals surface area contributed by atoms with Crippen LogP contribution in [0.2, 0.25) is 0 Å². The molecule has 0 aromatic carbocycles. The van der Waals surface area contributed by atoms with Gasteiger partial charge >= 0.3 is 7.60 Å². The third kappa shape index (κ3) is 1.76. The van der Waals surface area contributed by atoms with Crippen molar-refractivity contribution in [2.24, 2.45) is 7.05 Å². The summed E-state index contributed by atoms with van der Waals surface area (Å²) in [6, 6.07) is 3.07. The summed E-state index contributed by atoms with van der Waals surface area (Å²) < 4.78 is 12.1. The van der Waals surface area contributed by atoms with Crippen LogP contribution in [0.15, 0.2) is 18.3 Å². The van der Waals surface area contributed by atoms with Crippen LogP contribution in [-0.4, -0.2) is 19.5 Å². The lowest BCUT2D eigenvalue weighted by atomic mass is 10.4. The van der Waals surface area contributed by atoms with Crippen LogP contribution in [-0.2, 0) is 11.6 Å². The predicted octanol–water partition coefficient (Wildman–Crippen LogP) is 0.194. The van der Waals surface area contributed by atoms with Gasteiger partial charge in [0.15, 0.2) is 5.85 Å². The highest BCUT2D eigenvalue weighted by Gasteiger charge is 2.29. The summed E-state index contributed by atoms with van der Waals surface area (Å²) in [5, 5.41) is 9.14. The molecule has 0 aliphatic heterocycles. The van der Waals surface area contributed by atoms with E-state index in [4.69, 9.17) is 14.9 Å². The van der Waals surface area contributed by atoms with Crippen molar-refractivity contribution in [1.82, 2.24) is 4.57 Å². The lowest BCUT2D eigenvalue weighted by Gasteiger charge is -2.12. The number of aromatic nitrogens is 1. The van der Waals surface area contributed by atoms with E-state index >= 15 is 0 Å². The molecule has 68 valence electrons. The van der Waals surface area contributed by atoms with E-state index in [1.165, 1.54) is 10.6 Å². The van der Waals surface area contributed by atoms with Gasteiger partial charge < -0.3 is 19.5 Å². The summed E-state index contributed by atoms with van der Waals surface area (Å²) in [6.45, 7) is 0. The summed E-state index contributed by atoms with van der Waals surface area (Å²) in [6.07, 6.45) is 1.61. The van der Waals surface area contributed by atoms with Crippen molar-refractivity contribution in [3.8, 4) is 0 Å². The molecule has 0 fully saturated rings. The maximum Gasteiger partial charge on any atom is 0.359 e. The molecule has 6 heteroatoms. The molecule has 1 atom stereocenters.